The van der Waals surface area contributed by atoms with Gasteiger partial charge in [0, 0.05) is 29.2 Å². The molecule has 1 aliphatic heterocycles. The van der Waals surface area contributed by atoms with E-state index in [1.807, 2.05) is 24.3 Å². The van der Waals surface area contributed by atoms with Gasteiger partial charge in [-0.1, -0.05) is 30.3 Å². The Balaban J connectivity index is 1.74. The first-order valence-corrected chi connectivity index (χ1v) is 11.7. The number of nitriles is 1. The van der Waals surface area contributed by atoms with Crippen LogP contribution in [0.5, 0.6) is 5.75 Å². The van der Waals surface area contributed by atoms with Crippen LogP contribution in [0.1, 0.15) is 41.8 Å². The number of aromatic amines is 1. The monoisotopic (exact) mass is 488 g/mol. The van der Waals surface area contributed by atoms with E-state index < -0.39 is 31.5 Å². The standard InChI is InChI=1S/C26H28F4N4O/c1-17-14-20-18-6-2-3-8-22(18)33-24(20)25(34(17)16-26(28,29)30)19-7-4-9-23(21(19)15-31)35-13-12-32-11-5-10-27/h2-4,6-9,17,25,32-33H,5,10-14,16H2,1H3/t17-,25?/m1/s1. The topological polar surface area (TPSA) is 64.1 Å². The van der Waals surface area contributed by atoms with Crippen LogP contribution in [0.25, 0.3) is 10.9 Å². The molecule has 9 heteroatoms. The SMILES string of the molecule is C[C@@H]1Cc2c([nH]c3ccccc23)C(c2cccc(OCCNCCCF)c2C#N)N1CC(F)(F)F. The summed E-state index contributed by atoms with van der Waals surface area (Å²) in [6.45, 7) is 1.51. The number of aromatic nitrogens is 1. The minimum atomic E-state index is -4.40. The van der Waals surface area contributed by atoms with Crippen LogP contribution in [0.4, 0.5) is 17.6 Å². The largest absolute Gasteiger partial charge is 0.491 e. The fourth-order valence-electron chi connectivity index (χ4n) is 4.86. The van der Waals surface area contributed by atoms with Gasteiger partial charge in [-0.05, 0) is 49.6 Å². The van der Waals surface area contributed by atoms with Gasteiger partial charge >= 0.3 is 6.18 Å². The predicted molar refractivity (Wildman–Crippen MR) is 126 cm³/mol. The van der Waals surface area contributed by atoms with Gasteiger partial charge in [-0.25, -0.2) is 0 Å². The lowest BCUT2D eigenvalue weighted by Gasteiger charge is -2.41. The molecule has 0 spiro atoms. The number of nitrogens with one attached hydrogen (secondary N) is 2. The van der Waals surface area contributed by atoms with Gasteiger partial charge in [-0.15, -0.1) is 0 Å². The van der Waals surface area contributed by atoms with Crippen molar-refractivity contribution >= 4 is 10.9 Å². The summed E-state index contributed by atoms with van der Waals surface area (Å²) >= 11 is 0. The Bertz CT molecular complexity index is 1200. The summed E-state index contributed by atoms with van der Waals surface area (Å²) in [6, 6.07) is 13.7. The second-order valence-electron chi connectivity index (χ2n) is 8.78. The first-order valence-electron chi connectivity index (χ1n) is 11.7. The number of halogens is 4. The van der Waals surface area contributed by atoms with Crippen LogP contribution in [0.2, 0.25) is 0 Å². The number of alkyl halides is 4. The average molecular weight is 489 g/mol. The minimum absolute atomic E-state index is 0.215. The highest BCUT2D eigenvalue weighted by atomic mass is 19.4. The second kappa shape index (κ2) is 10.7. The lowest BCUT2D eigenvalue weighted by Crippen LogP contribution is -2.47. The lowest BCUT2D eigenvalue weighted by molar-refractivity contribution is -0.155. The summed E-state index contributed by atoms with van der Waals surface area (Å²) in [5.74, 6) is 0.320. The zero-order chi connectivity index (χ0) is 25.0. The second-order valence-corrected chi connectivity index (χ2v) is 8.78. The Hall–Kier alpha value is -3.09. The van der Waals surface area contributed by atoms with Gasteiger partial charge in [-0.3, -0.25) is 9.29 Å². The molecule has 186 valence electrons. The molecule has 0 saturated heterocycles. The van der Waals surface area contributed by atoms with E-state index in [4.69, 9.17) is 4.74 Å². The maximum Gasteiger partial charge on any atom is 0.401 e. The van der Waals surface area contributed by atoms with Gasteiger partial charge in [0.2, 0.25) is 0 Å². The third kappa shape index (κ3) is 5.44. The molecule has 4 rings (SSSR count). The molecule has 2 N–H and O–H groups in total. The number of benzene rings is 2. The molecule has 0 fully saturated rings. The van der Waals surface area contributed by atoms with Crippen molar-refractivity contribution in [3.63, 3.8) is 0 Å². The van der Waals surface area contributed by atoms with Crippen LogP contribution in [-0.2, 0) is 6.42 Å². The first kappa shape index (κ1) is 25.0. The highest BCUT2D eigenvalue weighted by Crippen LogP contribution is 2.44. The lowest BCUT2D eigenvalue weighted by atomic mass is 9.86. The third-order valence-electron chi connectivity index (χ3n) is 6.37. The van der Waals surface area contributed by atoms with Crippen molar-refractivity contribution in [2.24, 2.45) is 0 Å². The molecule has 0 radical (unpaired) electrons. The summed E-state index contributed by atoms with van der Waals surface area (Å²) < 4.78 is 59.1. The van der Waals surface area contributed by atoms with E-state index in [0.29, 0.717) is 42.9 Å². The Morgan fingerprint density at radius 2 is 1.97 bits per heavy atom. The molecule has 0 saturated carbocycles. The number of hydrogen-bond donors (Lipinski definition) is 2. The molecule has 0 bridgehead atoms. The Morgan fingerprint density at radius 3 is 2.71 bits per heavy atom. The van der Waals surface area contributed by atoms with Gasteiger partial charge in [0.05, 0.1) is 24.8 Å². The molecular formula is C26H28F4N4O. The molecule has 2 heterocycles. The molecule has 0 aliphatic carbocycles. The molecular weight excluding hydrogens is 460 g/mol. The van der Waals surface area contributed by atoms with Crippen molar-refractivity contribution in [1.82, 2.24) is 15.2 Å². The van der Waals surface area contributed by atoms with Crippen LogP contribution in [0, 0.1) is 11.3 Å². The normalized spacial score (nSPS) is 18.4. The molecule has 35 heavy (non-hydrogen) atoms. The van der Waals surface area contributed by atoms with Gasteiger partial charge in [0.25, 0.3) is 0 Å². The zero-order valence-corrected chi connectivity index (χ0v) is 19.5. The predicted octanol–water partition coefficient (Wildman–Crippen LogP) is 5.27. The van der Waals surface area contributed by atoms with Crippen molar-refractivity contribution in [3.8, 4) is 11.8 Å². The quantitative estimate of drug-likeness (QED) is 0.318. The number of nitrogens with zero attached hydrogens (tertiary/aromatic N) is 2. The van der Waals surface area contributed by atoms with E-state index in [0.717, 1.165) is 16.5 Å². The fourth-order valence-corrected chi connectivity index (χ4v) is 4.86. The molecule has 1 aliphatic rings. The smallest absolute Gasteiger partial charge is 0.401 e. The molecule has 2 atom stereocenters. The van der Waals surface area contributed by atoms with Crippen LogP contribution in [-0.4, -0.2) is 55.0 Å². The van der Waals surface area contributed by atoms with Crippen molar-refractivity contribution in [2.75, 3.05) is 32.9 Å². The van der Waals surface area contributed by atoms with Crippen molar-refractivity contribution in [2.45, 2.75) is 38.0 Å². The molecule has 0 amide bonds. The van der Waals surface area contributed by atoms with Gasteiger partial charge in [0.1, 0.15) is 18.4 Å². The van der Waals surface area contributed by atoms with Crippen LogP contribution < -0.4 is 10.1 Å². The van der Waals surface area contributed by atoms with Crippen molar-refractivity contribution in [1.29, 1.82) is 5.26 Å². The molecule has 1 unspecified atom stereocenters. The maximum absolute atomic E-state index is 13.7. The summed E-state index contributed by atoms with van der Waals surface area (Å²) in [5, 5.41) is 14.1. The van der Waals surface area contributed by atoms with Crippen molar-refractivity contribution in [3.05, 3.63) is 64.8 Å². The van der Waals surface area contributed by atoms with E-state index in [1.165, 1.54) is 4.90 Å². The zero-order valence-electron chi connectivity index (χ0n) is 19.5. The third-order valence-corrected chi connectivity index (χ3v) is 6.37. The summed E-state index contributed by atoms with van der Waals surface area (Å²) in [6.07, 6.45) is -3.53. The number of hydrogen-bond acceptors (Lipinski definition) is 4. The van der Waals surface area contributed by atoms with E-state index in [1.54, 1.807) is 25.1 Å². The van der Waals surface area contributed by atoms with Gasteiger partial charge in [-0.2, -0.15) is 18.4 Å². The van der Waals surface area contributed by atoms with Crippen LogP contribution >= 0.6 is 0 Å². The highest BCUT2D eigenvalue weighted by Gasteiger charge is 2.42. The Labute approximate surface area is 201 Å². The first-order chi connectivity index (χ1) is 16.8. The molecule has 1 aromatic heterocycles. The number of rotatable bonds is 9. The number of H-pyrrole nitrogens is 1. The number of ether oxygens (including phenoxy) is 1. The summed E-state index contributed by atoms with van der Waals surface area (Å²) in [4.78, 5) is 4.76. The van der Waals surface area contributed by atoms with E-state index in [2.05, 4.69) is 16.4 Å². The van der Waals surface area contributed by atoms with Crippen LogP contribution in [0.15, 0.2) is 42.5 Å². The van der Waals surface area contributed by atoms with Gasteiger partial charge < -0.3 is 15.0 Å². The van der Waals surface area contributed by atoms with Gasteiger partial charge in [0.15, 0.2) is 0 Å². The molecule has 2 aromatic carbocycles. The van der Waals surface area contributed by atoms with E-state index in [-0.39, 0.29) is 12.2 Å². The summed E-state index contributed by atoms with van der Waals surface area (Å²) in [5.41, 5.74) is 3.19. The average Bonchev–Trinajstić information content (AvgIpc) is 3.18. The molecule has 5 nitrogen and oxygen atoms in total. The highest BCUT2D eigenvalue weighted by molar-refractivity contribution is 5.85. The minimum Gasteiger partial charge on any atom is -0.491 e. The summed E-state index contributed by atoms with van der Waals surface area (Å²) in [7, 11) is 0. The maximum atomic E-state index is 13.7. The van der Waals surface area contributed by atoms with E-state index >= 15 is 0 Å². The fraction of sp³-hybridized carbons (Fsp3) is 0.423. The Morgan fingerprint density at radius 1 is 1.17 bits per heavy atom. The van der Waals surface area contributed by atoms with E-state index in [9.17, 15) is 22.8 Å². The molecule has 3 aromatic rings. The van der Waals surface area contributed by atoms with Crippen molar-refractivity contribution < 1.29 is 22.3 Å². The number of para-hydroxylation sites is 1. The Kier molecular flexibility index (Phi) is 7.63. The van der Waals surface area contributed by atoms with Crippen LogP contribution in [0.3, 0.4) is 0 Å². The number of fused-ring (bicyclic) bond motifs is 3.